The van der Waals surface area contributed by atoms with Crippen molar-refractivity contribution in [2.24, 2.45) is 0 Å². The fourth-order valence-corrected chi connectivity index (χ4v) is 1.84. The summed E-state index contributed by atoms with van der Waals surface area (Å²) >= 11 is 5.73. The predicted octanol–water partition coefficient (Wildman–Crippen LogP) is 2.25. The molecule has 1 aliphatic heterocycles. The van der Waals surface area contributed by atoms with Crippen LogP contribution < -0.4 is 10.1 Å². The van der Waals surface area contributed by atoms with E-state index in [0.29, 0.717) is 6.61 Å². The van der Waals surface area contributed by atoms with E-state index in [1.165, 1.54) is 0 Å². The van der Waals surface area contributed by atoms with E-state index in [1.807, 2.05) is 24.3 Å². The zero-order chi connectivity index (χ0) is 11.5. The van der Waals surface area contributed by atoms with Crippen LogP contribution in [0.5, 0.6) is 5.75 Å². The smallest absolute Gasteiger partial charge is 0.238 e. The minimum absolute atomic E-state index is 0.0126. The monoisotopic (exact) mass is 239 g/mol. The van der Waals surface area contributed by atoms with Crippen LogP contribution >= 0.6 is 11.6 Å². The van der Waals surface area contributed by atoms with Gasteiger partial charge in [-0.15, -0.1) is 11.6 Å². The molecule has 0 bridgehead atoms. The first-order chi connectivity index (χ1) is 7.68. The Hall–Kier alpha value is -1.22. The number of para-hydroxylation sites is 1. The molecule has 0 aliphatic carbocycles. The maximum atomic E-state index is 11.5. The van der Waals surface area contributed by atoms with Gasteiger partial charge in [-0.1, -0.05) is 18.2 Å². The largest absolute Gasteiger partial charge is 0.493 e. The molecular formula is C12H14ClNO2. The number of carbonyl (C=O) groups is 1. The van der Waals surface area contributed by atoms with Gasteiger partial charge in [-0.3, -0.25) is 4.79 Å². The molecule has 3 nitrogen and oxygen atoms in total. The lowest BCUT2D eigenvalue weighted by molar-refractivity contribution is -0.121. The average Bonchev–Trinajstić information content (AvgIpc) is 2.29. The van der Waals surface area contributed by atoms with Crippen LogP contribution in [0.15, 0.2) is 24.3 Å². The van der Waals surface area contributed by atoms with Crippen LogP contribution in [0, 0.1) is 0 Å². The van der Waals surface area contributed by atoms with Gasteiger partial charge < -0.3 is 10.1 Å². The number of amides is 1. The molecule has 4 heteroatoms. The number of nitrogens with one attached hydrogen (secondary N) is 1. The Morgan fingerprint density at radius 1 is 1.56 bits per heavy atom. The fraction of sp³-hybridized carbons (Fsp3) is 0.417. The third-order valence-corrected chi connectivity index (χ3v) is 2.83. The number of benzene rings is 1. The number of hydrogen-bond donors (Lipinski definition) is 1. The summed E-state index contributed by atoms with van der Waals surface area (Å²) in [5, 5.41) is 2.42. The van der Waals surface area contributed by atoms with Crippen molar-refractivity contribution in [1.82, 2.24) is 5.32 Å². The maximum absolute atomic E-state index is 11.5. The van der Waals surface area contributed by atoms with Crippen molar-refractivity contribution in [3.8, 4) is 5.75 Å². The van der Waals surface area contributed by atoms with E-state index in [2.05, 4.69) is 5.32 Å². The number of fused-ring (bicyclic) bond motifs is 1. The predicted molar refractivity (Wildman–Crippen MR) is 62.8 cm³/mol. The van der Waals surface area contributed by atoms with E-state index in [1.54, 1.807) is 6.92 Å². The maximum Gasteiger partial charge on any atom is 0.238 e. The molecule has 86 valence electrons. The number of ether oxygens (including phenoxy) is 1. The Balaban J connectivity index is 2.16. The van der Waals surface area contributed by atoms with Crippen molar-refractivity contribution in [2.75, 3.05) is 6.61 Å². The third kappa shape index (κ3) is 2.30. The summed E-state index contributed by atoms with van der Waals surface area (Å²) in [4.78, 5) is 11.5. The van der Waals surface area contributed by atoms with E-state index >= 15 is 0 Å². The van der Waals surface area contributed by atoms with Crippen molar-refractivity contribution < 1.29 is 9.53 Å². The van der Waals surface area contributed by atoms with E-state index in [9.17, 15) is 4.79 Å². The summed E-state index contributed by atoms with van der Waals surface area (Å²) in [6.45, 7) is 2.29. The lowest BCUT2D eigenvalue weighted by Gasteiger charge is -2.26. The molecule has 0 spiro atoms. The molecule has 0 radical (unpaired) electrons. The Morgan fingerprint density at radius 2 is 2.31 bits per heavy atom. The van der Waals surface area contributed by atoms with Crippen LogP contribution in [0.25, 0.3) is 0 Å². The molecule has 0 aromatic heterocycles. The highest BCUT2D eigenvalue weighted by atomic mass is 35.5. The standard InChI is InChI=1S/C12H14ClNO2/c1-8(13)12(15)14-10-6-7-16-11-5-3-2-4-9(10)11/h2-5,8,10H,6-7H2,1H3,(H,14,15)/t8-,10+/m0/s1. The van der Waals surface area contributed by atoms with Crippen LogP contribution in [0.2, 0.25) is 0 Å². The fourth-order valence-electron chi connectivity index (χ4n) is 1.78. The Bertz CT molecular complexity index is 392. The summed E-state index contributed by atoms with van der Waals surface area (Å²) < 4.78 is 5.51. The molecule has 0 saturated heterocycles. The van der Waals surface area contributed by atoms with Crippen LogP contribution in [0.4, 0.5) is 0 Å². The second-order valence-corrected chi connectivity index (χ2v) is 4.51. The molecule has 2 rings (SSSR count). The number of alkyl halides is 1. The summed E-state index contributed by atoms with van der Waals surface area (Å²) in [5.41, 5.74) is 1.03. The molecular weight excluding hydrogens is 226 g/mol. The first kappa shape index (κ1) is 11.3. The summed E-state index contributed by atoms with van der Waals surface area (Å²) in [5.74, 6) is 0.713. The third-order valence-electron chi connectivity index (χ3n) is 2.64. The minimum Gasteiger partial charge on any atom is -0.493 e. The van der Waals surface area contributed by atoms with Gasteiger partial charge in [0, 0.05) is 12.0 Å². The van der Waals surface area contributed by atoms with Crippen LogP contribution in [0.1, 0.15) is 24.9 Å². The second-order valence-electron chi connectivity index (χ2n) is 3.85. The molecule has 1 aliphatic rings. The number of rotatable bonds is 2. The van der Waals surface area contributed by atoms with Gasteiger partial charge in [0.1, 0.15) is 11.1 Å². The number of halogens is 1. The molecule has 1 N–H and O–H groups in total. The van der Waals surface area contributed by atoms with Gasteiger partial charge in [0.25, 0.3) is 0 Å². The Kier molecular flexibility index (Phi) is 3.34. The van der Waals surface area contributed by atoms with Gasteiger partial charge in [0.2, 0.25) is 5.91 Å². The van der Waals surface area contributed by atoms with Gasteiger partial charge in [0.15, 0.2) is 0 Å². The molecule has 1 aromatic carbocycles. The summed E-state index contributed by atoms with van der Waals surface area (Å²) in [7, 11) is 0. The highest BCUT2D eigenvalue weighted by molar-refractivity contribution is 6.30. The summed E-state index contributed by atoms with van der Waals surface area (Å²) in [6, 6.07) is 7.76. The van der Waals surface area contributed by atoms with E-state index < -0.39 is 5.38 Å². The van der Waals surface area contributed by atoms with Crippen molar-refractivity contribution in [1.29, 1.82) is 0 Å². The van der Waals surface area contributed by atoms with Crippen LogP contribution in [0.3, 0.4) is 0 Å². The zero-order valence-electron chi connectivity index (χ0n) is 9.07. The Labute approximate surface area is 99.7 Å². The van der Waals surface area contributed by atoms with E-state index in [-0.39, 0.29) is 11.9 Å². The molecule has 1 heterocycles. The van der Waals surface area contributed by atoms with E-state index in [4.69, 9.17) is 16.3 Å². The molecule has 1 amide bonds. The van der Waals surface area contributed by atoms with E-state index in [0.717, 1.165) is 17.7 Å². The van der Waals surface area contributed by atoms with Crippen LogP contribution in [-0.2, 0) is 4.79 Å². The SMILES string of the molecule is C[C@H](Cl)C(=O)N[C@@H]1CCOc2ccccc21. The molecule has 2 atom stereocenters. The molecule has 1 aromatic rings. The van der Waals surface area contributed by atoms with Crippen molar-refractivity contribution in [3.05, 3.63) is 29.8 Å². The lowest BCUT2D eigenvalue weighted by atomic mass is 10.0. The molecule has 0 unspecified atom stereocenters. The van der Waals surface area contributed by atoms with Gasteiger partial charge in [-0.25, -0.2) is 0 Å². The van der Waals surface area contributed by atoms with Gasteiger partial charge in [-0.2, -0.15) is 0 Å². The summed E-state index contributed by atoms with van der Waals surface area (Å²) in [6.07, 6.45) is 0.784. The minimum atomic E-state index is -0.505. The van der Waals surface area contributed by atoms with Gasteiger partial charge in [-0.05, 0) is 13.0 Å². The van der Waals surface area contributed by atoms with Gasteiger partial charge in [0.05, 0.1) is 12.6 Å². The Morgan fingerprint density at radius 3 is 3.06 bits per heavy atom. The zero-order valence-corrected chi connectivity index (χ0v) is 9.83. The second kappa shape index (κ2) is 4.74. The van der Waals surface area contributed by atoms with Crippen molar-refractivity contribution in [2.45, 2.75) is 24.8 Å². The lowest BCUT2D eigenvalue weighted by Crippen LogP contribution is -2.35. The first-order valence-electron chi connectivity index (χ1n) is 5.34. The van der Waals surface area contributed by atoms with Gasteiger partial charge >= 0.3 is 0 Å². The normalized spacial score (nSPS) is 20.5. The van der Waals surface area contributed by atoms with Crippen molar-refractivity contribution in [3.63, 3.8) is 0 Å². The number of hydrogen-bond acceptors (Lipinski definition) is 2. The first-order valence-corrected chi connectivity index (χ1v) is 5.78. The highest BCUT2D eigenvalue weighted by Gasteiger charge is 2.23. The van der Waals surface area contributed by atoms with Crippen molar-refractivity contribution >= 4 is 17.5 Å². The average molecular weight is 240 g/mol. The number of carbonyl (C=O) groups excluding carboxylic acids is 1. The molecule has 0 saturated carbocycles. The quantitative estimate of drug-likeness (QED) is 0.804. The molecule has 0 fully saturated rings. The molecule has 16 heavy (non-hydrogen) atoms. The van der Waals surface area contributed by atoms with Crippen LogP contribution in [-0.4, -0.2) is 17.9 Å². The highest BCUT2D eigenvalue weighted by Crippen LogP contribution is 2.31. The topological polar surface area (TPSA) is 38.3 Å².